The van der Waals surface area contributed by atoms with Crippen molar-refractivity contribution in [2.24, 2.45) is 5.41 Å². The van der Waals surface area contributed by atoms with Crippen LogP contribution in [0.15, 0.2) is 44.3 Å². The number of rotatable bonds is 5. The summed E-state index contributed by atoms with van der Waals surface area (Å²) in [7, 11) is -2.93. The van der Waals surface area contributed by atoms with E-state index in [1.54, 1.807) is 6.07 Å². The molecular formula is C25H29ClN4O4S. The van der Waals surface area contributed by atoms with Crippen LogP contribution in [0.1, 0.15) is 61.9 Å². The molecule has 2 aliphatic carbocycles. The number of anilines is 1. The summed E-state index contributed by atoms with van der Waals surface area (Å²) in [6.45, 7) is 1.81. The van der Waals surface area contributed by atoms with Crippen molar-refractivity contribution in [1.29, 1.82) is 4.78 Å². The van der Waals surface area contributed by atoms with Crippen molar-refractivity contribution >= 4 is 44.4 Å². The minimum absolute atomic E-state index is 0.102. The minimum Gasteiger partial charge on any atom is -0.441 e. The van der Waals surface area contributed by atoms with Gasteiger partial charge >= 0.3 is 0 Å². The first-order valence-electron chi connectivity index (χ1n) is 12.3. The van der Waals surface area contributed by atoms with E-state index in [4.69, 9.17) is 25.2 Å². The van der Waals surface area contributed by atoms with Crippen LogP contribution in [-0.2, 0) is 9.73 Å². The van der Waals surface area contributed by atoms with Crippen molar-refractivity contribution in [1.82, 2.24) is 10.3 Å². The highest BCUT2D eigenvalue weighted by molar-refractivity contribution is 7.93. The summed E-state index contributed by atoms with van der Waals surface area (Å²) in [5, 5.41) is 3.73. The monoisotopic (exact) mass is 516 g/mol. The molecule has 0 radical (unpaired) electrons. The summed E-state index contributed by atoms with van der Waals surface area (Å²) >= 11 is 6.08. The first kappa shape index (κ1) is 22.9. The van der Waals surface area contributed by atoms with Crippen LogP contribution in [0, 0.1) is 10.2 Å². The third kappa shape index (κ3) is 4.44. The van der Waals surface area contributed by atoms with Gasteiger partial charge in [0.25, 0.3) is 11.9 Å². The fraction of sp³-hybridized carbons (Fsp3) is 0.520. The predicted molar refractivity (Wildman–Crippen MR) is 133 cm³/mol. The maximum absolute atomic E-state index is 12.7. The molecule has 1 amide bonds. The number of halogens is 1. The van der Waals surface area contributed by atoms with Gasteiger partial charge in [0.2, 0.25) is 0 Å². The molecule has 8 nitrogen and oxygen atoms in total. The molecule has 3 heterocycles. The zero-order valence-corrected chi connectivity index (χ0v) is 21.0. The van der Waals surface area contributed by atoms with Gasteiger partial charge in [0.1, 0.15) is 15.2 Å². The molecule has 1 saturated heterocycles. The van der Waals surface area contributed by atoms with Crippen molar-refractivity contribution in [2.75, 3.05) is 18.0 Å². The summed E-state index contributed by atoms with van der Waals surface area (Å²) in [6.07, 6.45) is 7.73. The van der Waals surface area contributed by atoms with Gasteiger partial charge < -0.3 is 19.1 Å². The number of benzene rings is 1. The summed E-state index contributed by atoms with van der Waals surface area (Å²) in [5.74, 6) is -0.136. The highest BCUT2D eigenvalue weighted by Crippen LogP contribution is 2.45. The lowest BCUT2D eigenvalue weighted by molar-refractivity contribution is 0.0835. The van der Waals surface area contributed by atoms with Crippen LogP contribution in [0.2, 0.25) is 5.02 Å². The summed E-state index contributed by atoms with van der Waals surface area (Å²) in [5.41, 5.74) is 1.83. The number of carbonyl (C=O) groups excluding carboxylic acids is 1. The van der Waals surface area contributed by atoms with Crippen LogP contribution in [-0.4, -0.2) is 39.5 Å². The smallest absolute Gasteiger partial charge is 0.298 e. The second kappa shape index (κ2) is 8.55. The third-order valence-electron chi connectivity index (χ3n) is 7.91. The quantitative estimate of drug-likeness (QED) is 0.456. The van der Waals surface area contributed by atoms with Gasteiger partial charge in [-0.3, -0.25) is 4.79 Å². The molecule has 3 fully saturated rings. The van der Waals surface area contributed by atoms with E-state index >= 15 is 0 Å². The Hall–Kier alpha value is -2.52. The number of amides is 1. The Kier molecular flexibility index (Phi) is 5.60. The van der Waals surface area contributed by atoms with Gasteiger partial charge in [0, 0.05) is 24.2 Å². The fourth-order valence-corrected chi connectivity index (χ4v) is 7.28. The van der Waals surface area contributed by atoms with Gasteiger partial charge in [-0.25, -0.2) is 8.99 Å². The maximum Gasteiger partial charge on any atom is 0.298 e. The van der Waals surface area contributed by atoms with Gasteiger partial charge in [-0.15, -0.1) is 0 Å². The highest BCUT2D eigenvalue weighted by Gasteiger charge is 2.40. The van der Waals surface area contributed by atoms with Crippen molar-refractivity contribution < 1.29 is 17.8 Å². The number of hydrogen-bond donors (Lipinski definition) is 2. The zero-order chi connectivity index (χ0) is 24.2. The fourth-order valence-electron chi connectivity index (χ4n) is 5.50. The number of piperidine rings is 1. The summed E-state index contributed by atoms with van der Waals surface area (Å²) in [6, 6.07) is 9.33. The van der Waals surface area contributed by atoms with Crippen molar-refractivity contribution in [3.8, 4) is 0 Å². The first-order valence-corrected chi connectivity index (χ1v) is 14.3. The van der Waals surface area contributed by atoms with E-state index in [9.17, 15) is 9.00 Å². The Morgan fingerprint density at radius 3 is 2.54 bits per heavy atom. The van der Waals surface area contributed by atoms with Crippen LogP contribution in [0.3, 0.4) is 0 Å². The normalized spacial score (nSPS) is 22.4. The van der Waals surface area contributed by atoms with E-state index in [2.05, 4.69) is 15.2 Å². The molecule has 1 spiro atoms. The summed E-state index contributed by atoms with van der Waals surface area (Å²) < 4.78 is 32.1. The first-order chi connectivity index (χ1) is 16.8. The molecule has 186 valence electrons. The average Bonchev–Trinajstić information content (AvgIpc) is 3.44. The largest absolute Gasteiger partial charge is 0.441 e. The van der Waals surface area contributed by atoms with Gasteiger partial charge in [-0.05, 0) is 87.1 Å². The van der Waals surface area contributed by atoms with E-state index < -0.39 is 9.73 Å². The number of carbonyl (C=O) groups is 1. The molecule has 3 aromatic rings. The molecule has 2 aromatic heterocycles. The molecule has 6 rings (SSSR count). The number of furan rings is 1. The van der Waals surface area contributed by atoms with Crippen LogP contribution >= 0.6 is 11.6 Å². The van der Waals surface area contributed by atoms with E-state index in [-0.39, 0.29) is 28.1 Å². The predicted octanol–water partition coefficient (Wildman–Crippen LogP) is 5.60. The van der Waals surface area contributed by atoms with Crippen molar-refractivity contribution in [3.63, 3.8) is 0 Å². The van der Waals surface area contributed by atoms with Gasteiger partial charge in [-0.1, -0.05) is 11.6 Å². The second-order valence-electron chi connectivity index (χ2n) is 10.3. The SMILES string of the molecule is N=S(=O)(c1ccc(C(=O)NC2CCC3(CC2)CCN(c2nc4cc(Cl)ccc4o2)CC3)o1)C1CC1. The third-order valence-corrected chi connectivity index (χ3v) is 10.4. The van der Waals surface area contributed by atoms with E-state index in [0.717, 1.165) is 75.6 Å². The number of nitrogens with zero attached hydrogens (tertiary/aromatic N) is 2. The molecule has 1 atom stereocenters. The standard InChI is InChI=1S/C25H29ClN4O4S/c26-16-1-4-20-19(15-16)29-24(34-20)30-13-11-25(12-14-30)9-7-17(8-10-25)28-23(31)21-5-6-22(33-21)35(27,32)18-2-3-18/h1,4-6,15,17-18,27H,2-3,7-14H2,(H,28,31). The molecule has 10 heteroatoms. The van der Waals surface area contributed by atoms with E-state index in [1.807, 2.05) is 18.2 Å². The Morgan fingerprint density at radius 1 is 1.09 bits per heavy atom. The van der Waals surface area contributed by atoms with E-state index in [0.29, 0.717) is 16.5 Å². The number of hydrogen-bond acceptors (Lipinski definition) is 7. The topological polar surface area (TPSA) is 112 Å². The Labute approximate surface area is 209 Å². The molecule has 1 unspecified atom stereocenters. The van der Waals surface area contributed by atoms with E-state index in [1.165, 1.54) is 6.07 Å². The van der Waals surface area contributed by atoms with Crippen molar-refractivity contribution in [3.05, 3.63) is 41.1 Å². The number of nitrogens with one attached hydrogen (secondary N) is 2. The molecular weight excluding hydrogens is 488 g/mol. The molecule has 0 bridgehead atoms. The van der Waals surface area contributed by atoms with Crippen LogP contribution in [0.25, 0.3) is 11.1 Å². The van der Waals surface area contributed by atoms with Crippen LogP contribution < -0.4 is 10.2 Å². The van der Waals surface area contributed by atoms with Crippen LogP contribution in [0.4, 0.5) is 6.01 Å². The Bertz CT molecular complexity index is 1360. The molecule has 2 N–H and O–H groups in total. The van der Waals surface area contributed by atoms with Gasteiger partial charge in [-0.2, -0.15) is 4.98 Å². The molecule has 1 aliphatic heterocycles. The Balaban J connectivity index is 1.02. The number of fused-ring (bicyclic) bond motifs is 1. The lowest BCUT2D eigenvalue weighted by atomic mass is 9.67. The number of aromatic nitrogens is 1. The average molecular weight is 517 g/mol. The zero-order valence-electron chi connectivity index (χ0n) is 19.4. The highest BCUT2D eigenvalue weighted by atomic mass is 35.5. The van der Waals surface area contributed by atoms with Crippen LogP contribution in [0.5, 0.6) is 0 Å². The Morgan fingerprint density at radius 2 is 1.83 bits per heavy atom. The maximum atomic E-state index is 12.7. The van der Waals surface area contributed by atoms with Gasteiger partial charge in [0.05, 0.1) is 5.25 Å². The molecule has 1 aromatic carbocycles. The molecule has 3 aliphatic rings. The molecule has 35 heavy (non-hydrogen) atoms. The second-order valence-corrected chi connectivity index (χ2v) is 13.0. The minimum atomic E-state index is -2.93. The summed E-state index contributed by atoms with van der Waals surface area (Å²) in [4.78, 5) is 19.5. The lowest BCUT2D eigenvalue weighted by Crippen LogP contribution is -2.45. The molecule has 2 saturated carbocycles. The van der Waals surface area contributed by atoms with Gasteiger partial charge in [0.15, 0.2) is 16.4 Å². The van der Waals surface area contributed by atoms with Crippen molar-refractivity contribution in [2.45, 2.75) is 67.8 Å². The number of oxazole rings is 1. The lowest BCUT2D eigenvalue weighted by Gasteiger charge is -2.45.